The maximum absolute atomic E-state index is 11.9. The minimum atomic E-state index is -0.541. The average molecular weight is 282 g/mol. The van der Waals surface area contributed by atoms with E-state index in [1.165, 1.54) is 4.57 Å². The molecule has 112 valence electrons. The summed E-state index contributed by atoms with van der Waals surface area (Å²) < 4.78 is 6.38. The van der Waals surface area contributed by atoms with E-state index in [0.717, 1.165) is 19.3 Å². The van der Waals surface area contributed by atoms with Crippen LogP contribution in [0.25, 0.3) is 0 Å². The van der Waals surface area contributed by atoms with Crippen molar-refractivity contribution in [2.24, 2.45) is 5.41 Å². The van der Waals surface area contributed by atoms with Crippen LogP contribution in [0.4, 0.5) is 0 Å². The molecule has 2 rings (SSSR count). The van der Waals surface area contributed by atoms with Crippen molar-refractivity contribution in [1.29, 1.82) is 0 Å². The largest absolute Gasteiger partial charge is 0.494 e. The van der Waals surface area contributed by atoms with Crippen molar-refractivity contribution in [3.63, 3.8) is 0 Å². The molecule has 6 heteroatoms. The number of aromatic amines is 1. The van der Waals surface area contributed by atoms with E-state index in [0.29, 0.717) is 13.2 Å². The lowest BCUT2D eigenvalue weighted by Gasteiger charge is -2.19. The summed E-state index contributed by atoms with van der Waals surface area (Å²) in [7, 11) is 1.65. The van der Waals surface area contributed by atoms with Gasteiger partial charge in [0.25, 0.3) is 5.56 Å². The predicted molar refractivity (Wildman–Crippen MR) is 75.2 cm³/mol. The van der Waals surface area contributed by atoms with E-state index in [-0.39, 0.29) is 22.8 Å². The van der Waals surface area contributed by atoms with Gasteiger partial charge in [0.2, 0.25) is 5.88 Å². The summed E-state index contributed by atoms with van der Waals surface area (Å²) in [5.41, 5.74) is -0.752. The molecule has 1 saturated carbocycles. The van der Waals surface area contributed by atoms with Crippen LogP contribution in [0.3, 0.4) is 0 Å². The fourth-order valence-corrected chi connectivity index (χ4v) is 2.56. The molecule has 0 amide bonds. The molecule has 1 heterocycles. The van der Waals surface area contributed by atoms with E-state index in [1.54, 1.807) is 7.11 Å². The van der Waals surface area contributed by atoms with Gasteiger partial charge in [-0.1, -0.05) is 13.8 Å². The number of ether oxygens (including phenoxy) is 1. The lowest BCUT2D eigenvalue weighted by molar-refractivity contribution is 0.164. The maximum Gasteiger partial charge on any atom is 0.331 e. The van der Waals surface area contributed by atoms with Crippen LogP contribution in [-0.2, 0) is 11.3 Å². The van der Waals surface area contributed by atoms with Gasteiger partial charge in [-0.3, -0.25) is 14.3 Å². The summed E-state index contributed by atoms with van der Waals surface area (Å²) in [5, 5.41) is 10.2. The molecular weight excluding hydrogens is 260 g/mol. The highest BCUT2D eigenvalue weighted by atomic mass is 16.5. The molecule has 1 aromatic rings. The Kier molecular flexibility index (Phi) is 4.04. The third kappa shape index (κ3) is 2.80. The van der Waals surface area contributed by atoms with Gasteiger partial charge in [-0.15, -0.1) is 0 Å². The van der Waals surface area contributed by atoms with Crippen LogP contribution in [0.1, 0.15) is 44.6 Å². The first-order valence-electron chi connectivity index (χ1n) is 6.95. The van der Waals surface area contributed by atoms with E-state index < -0.39 is 11.2 Å². The summed E-state index contributed by atoms with van der Waals surface area (Å²) in [4.78, 5) is 26.0. The molecule has 1 aliphatic rings. The summed E-state index contributed by atoms with van der Waals surface area (Å²) in [6, 6.07) is 0. The molecule has 1 aliphatic carbocycles. The molecule has 0 bridgehead atoms. The van der Waals surface area contributed by atoms with Crippen LogP contribution in [0.5, 0.6) is 5.88 Å². The Morgan fingerprint density at radius 1 is 1.40 bits per heavy atom. The first-order valence-corrected chi connectivity index (χ1v) is 6.95. The lowest BCUT2D eigenvalue weighted by atomic mass is 10.0. The molecule has 0 aromatic carbocycles. The monoisotopic (exact) mass is 282 g/mol. The van der Waals surface area contributed by atoms with Gasteiger partial charge in [0.1, 0.15) is 0 Å². The number of nitrogens with one attached hydrogen (secondary N) is 1. The lowest BCUT2D eigenvalue weighted by Crippen LogP contribution is -2.34. The van der Waals surface area contributed by atoms with Crippen molar-refractivity contribution < 1.29 is 9.84 Å². The van der Waals surface area contributed by atoms with Crippen molar-refractivity contribution >= 4 is 0 Å². The second kappa shape index (κ2) is 5.44. The third-order valence-corrected chi connectivity index (χ3v) is 4.07. The number of hydrogen-bond donors (Lipinski definition) is 2. The number of methoxy groups -OCH3 is 1. The Labute approximate surface area is 117 Å². The van der Waals surface area contributed by atoms with Crippen molar-refractivity contribution in [3.05, 3.63) is 26.4 Å². The average Bonchev–Trinajstić information content (AvgIpc) is 3.12. The molecule has 6 nitrogen and oxygen atoms in total. The molecule has 0 atom stereocenters. The fraction of sp³-hybridized carbons (Fsp3) is 0.714. The normalized spacial score (nSPS) is 16.6. The first kappa shape index (κ1) is 14.8. The number of H-pyrrole nitrogens is 1. The Hall–Kier alpha value is -1.56. The molecule has 1 fully saturated rings. The second-order valence-corrected chi connectivity index (χ2v) is 5.98. The van der Waals surface area contributed by atoms with Crippen LogP contribution in [0.15, 0.2) is 9.59 Å². The maximum atomic E-state index is 11.9. The van der Waals surface area contributed by atoms with Crippen LogP contribution in [-0.4, -0.2) is 28.4 Å². The Morgan fingerprint density at radius 3 is 2.55 bits per heavy atom. The van der Waals surface area contributed by atoms with Gasteiger partial charge in [0.15, 0.2) is 0 Å². The quantitative estimate of drug-likeness (QED) is 0.820. The zero-order chi connectivity index (χ0) is 14.9. The SMILES string of the molecule is COCCC1(Cn2c(O)c(C(C)C)c(=O)[nH]c2=O)CC1. The standard InChI is InChI=1S/C14H22N2O4/c1-9(2)10-11(17)15-13(19)16(12(10)18)8-14(4-5-14)6-7-20-3/h9,18H,4-8H2,1-3H3,(H,15,17,19). The molecule has 1 aromatic heterocycles. The summed E-state index contributed by atoms with van der Waals surface area (Å²) in [6.07, 6.45) is 2.88. The highest BCUT2D eigenvalue weighted by Gasteiger charge is 2.43. The van der Waals surface area contributed by atoms with Gasteiger partial charge in [-0.2, -0.15) is 0 Å². The minimum Gasteiger partial charge on any atom is -0.494 e. The number of aromatic hydroxyl groups is 1. The zero-order valence-electron chi connectivity index (χ0n) is 12.2. The first-order chi connectivity index (χ1) is 9.40. The topological polar surface area (TPSA) is 84.3 Å². The number of aromatic nitrogens is 2. The van der Waals surface area contributed by atoms with E-state index in [4.69, 9.17) is 4.74 Å². The van der Waals surface area contributed by atoms with E-state index in [9.17, 15) is 14.7 Å². The second-order valence-electron chi connectivity index (χ2n) is 5.98. The summed E-state index contributed by atoms with van der Waals surface area (Å²) in [5.74, 6) is -0.336. The summed E-state index contributed by atoms with van der Waals surface area (Å²) in [6.45, 7) is 4.70. The van der Waals surface area contributed by atoms with Crippen LogP contribution in [0.2, 0.25) is 0 Å². The molecule has 0 unspecified atom stereocenters. The molecule has 2 N–H and O–H groups in total. The molecule has 0 aliphatic heterocycles. The highest BCUT2D eigenvalue weighted by molar-refractivity contribution is 5.26. The number of rotatable bonds is 6. The van der Waals surface area contributed by atoms with Gasteiger partial charge < -0.3 is 9.84 Å². The fourth-order valence-electron chi connectivity index (χ4n) is 2.56. The molecular formula is C14H22N2O4. The van der Waals surface area contributed by atoms with Crippen LogP contribution in [0, 0.1) is 5.41 Å². The van der Waals surface area contributed by atoms with Crippen molar-refractivity contribution in [1.82, 2.24) is 9.55 Å². The van der Waals surface area contributed by atoms with E-state index >= 15 is 0 Å². The van der Waals surface area contributed by atoms with Gasteiger partial charge >= 0.3 is 5.69 Å². The molecule has 0 spiro atoms. The highest BCUT2D eigenvalue weighted by Crippen LogP contribution is 2.50. The van der Waals surface area contributed by atoms with Gasteiger partial charge in [0.05, 0.1) is 5.56 Å². The third-order valence-electron chi connectivity index (χ3n) is 4.07. The van der Waals surface area contributed by atoms with Gasteiger partial charge in [-0.05, 0) is 30.6 Å². The van der Waals surface area contributed by atoms with Crippen LogP contribution < -0.4 is 11.2 Å². The Balaban J connectivity index is 2.35. The van der Waals surface area contributed by atoms with Gasteiger partial charge in [0, 0.05) is 20.3 Å². The zero-order valence-corrected chi connectivity index (χ0v) is 12.2. The van der Waals surface area contributed by atoms with Crippen molar-refractivity contribution in [2.45, 2.75) is 45.6 Å². The van der Waals surface area contributed by atoms with Crippen molar-refractivity contribution in [3.8, 4) is 5.88 Å². The van der Waals surface area contributed by atoms with Crippen LogP contribution >= 0.6 is 0 Å². The van der Waals surface area contributed by atoms with Gasteiger partial charge in [-0.25, -0.2) is 4.79 Å². The molecule has 20 heavy (non-hydrogen) atoms. The molecule has 0 saturated heterocycles. The summed E-state index contributed by atoms with van der Waals surface area (Å²) >= 11 is 0. The molecule has 0 radical (unpaired) electrons. The smallest absolute Gasteiger partial charge is 0.331 e. The van der Waals surface area contributed by atoms with E-state index in [2.05, 4.69) is 4.98 Å². The number of hydrogen-bond acceptors (Lipinski definition) is 4. The van der Waals surface area contributed by atoms with Crippen molar-refractivity contribution in [2.75, 3.05) is 13.7 Å². The Morgan fingerprint density at radius 2 is 2.05 bits per heavy atom. The Bertz CT molecular complexity index is 596. The predicted octanol–water partition coefficient (Wildman–Crippen LogP) is 1.18. The van der Waals surface area contributed by atoms with E-state index in [1.807, 2.05) is 13.8 Å². The number of nitrogens with zero attached hydrogens (tertiary/aromatic N) is 1. The minimum absolute atomic E-state index is 0.0177.